The zero-order chi connectivity index (χ0) is 21.5. The predicted octanol–water partition coefficient (Wildman–Crippen LogP) is 2.29. The third-order valence-electron chi connectivity index (χ3n) is 5.75. The number of β-amino-alcohol motifs (C(OH)–C–C–N with tert-alkyl or cyclic N) is 1. The van der Waals surface area contributed by atoms with Crippen molar-refractivity contribution in [2.75, 3.05) is 24.8 Å². The molecule has 158 valence electrons. The van der Waals surface area contributed by atoms with E-state index in [0.29, 0.717) is 0 Å². The summed E-state index contributed by atoms with van der Waals surface area (Å²) in [6.45, 7) is 0.0838. The number of aromatic hydroxyl groups is 1. The van der Waals surface area contributed by atoms with Crippen LogP contribution in [0, 0.1) is 0 Å². The van der Waals surface area contributed by atoms with E-state index < -0.39 is 17.1 Å². The molecule has 2 N–H and O–H groups in total. The summed E-state index contributed by atoms with van der Waals surface area (Å²) in [4.78, 5) is 27.8. The number of pyridine rings is 1. The van der Waals surface area contributed by atoms with Gasteiger partial charge in [0.1, 0.15) is 6.67 Å². The molecule has 1 unspecified atom stereocenters. The van der Waals surface area contributed by atoms with Gasteiger partial charge in [-0.1, -0.05) is 42.5 Å². The van der Waals surface area contributed by atoms with Crippen LogP contribution < -0.4 is 10.4 Å². The van der Waals surface area contributed by atoms with Gasteiger partial charge in [0.2, 0.25) is 5.43 Å². The fourth-order valence-corrected chi connectivity index (χ4v) is 5.40. The summed E-state index contributed by atoms with van der Waals surface area (Å²) in [5.74, 6) is -0.242. The molecule has 0 aliphatic carbocycles. The standard InChI is InChI=1S/C23H21N3O4S/c27-12-11-24-14-26(25-10-9-18(28)22(29)21(25)23(24)30)20-16-6-2-1-5-15(16)13-31-19-8-4-3-7-17(19)20/h1-10,20,27,29H,11-14H2. The van der Waals surface area contributed by atoms with Gasteiger partial charge < -0.3 is 15.1 Å². The average Bonchev–Trinajstić information content (AvgIpc) is 2.95. The molecule has 0 bridgehead atoms. The molecule has 0 spiro atoms. The third-order valence-corrected chi connectivity index (χ3v) is 6.89. The van der Waals surface area contributed by atoms with Crippen molar-refractivity contribution in [3.63, 3.8) is 0 Å². The van der Waals surface area contributed by atoms with Crippen LogP contribution in [0.25, 0.3) is 0 Å². The number of aliphatic hydroxyl groups excluding tert-OH is 1. The first-order valence-electron chi connectivity index (χ1n) is 10.0. The second kappa shape index (κ2) is 7.79. The molecule has 1 atom stereocenters. The minimum Gasteiger partial charge on any atom is -0.502 e. The van der Waals surface area contributed by atoms with Gasteiger partial charge in [-0.25, -0.2) is 0 Å². The van der Waals surface area contributed by atoms with Gasteiger partial charge >= 0.3 is 0 Å². The summed E-state index contributed by atoms with van der Waals surface area (Å²) in [6, 6.07) is 17.4. The van der Waals surface area contributed by atoms with Crippen LogP contribution in [0.1, 0.15) is 33.2 Å². The first-order valence-corrected chi connectivity index (χ1v) is 11.0. The maximum absolute atomic E-state index is 13.0. The summed E-state index contributed by atoms with van der Waals surface area (Å²) >= 11 is 1.76. The molecule has 0 saturated carbocycles. The van der Waals surface area contributed by atoms with Crippen molar-refractivity contribution in [2.45, 2.75) is 16.7 Å². The SMILES string of the molecule is O=C1c2c(O)c(=O)ccn2N(C2c3ccccc3CSc3ccccc32)CN1CCO. The van der Waals surface area contributed by atoms with Crippen LogP contribution in [0.5, 0.6) is 5.75 Å². The highest BCUT2D eigenvalue weighted by atomic mass is 32.2. The van der Waals surface area contributed by atoms with Gasteiger partial charge in [0.15, 0.2) is 11.4 Å². The first kappa shape index (κ1) is 19.7. The Morgan fingerprint density at radius 2 is 1.74 bits per heavy atom. The number of thioether (sulfide) groups is 1. The number of hydrogen-bond acceptors (Lipinski definition) is 6. The van der Waals surface area contributed by atoms with Crippen LogP contribution in [-0.2, 0) is 5.75 Å². The van der Waals surface area contributed by atoms with E-state index in [9.17, 15) is 19.8 Å². The number of nitrogens with zero attached hydrogens (tertiary/aromatic N) is 3. The van der Waals surface area contributed by atoms with Gasteiger partial charge in [-0.05, 0) is 22.8 Å². The van der Waals surface area contributed by atoms with Crippen molar-refractivity contribution in [3.05, 3.63) is 93.4 Å². The lowest BCUT2D eigenvalue weighted by molar-refractivity contribution is 0.0642. The minimum absolute atomic E-state index is 0.0842. The van der Waals surface area contributed by atoms with E-state index >= 15 is 0 Å². The van der Waals surface area contributed by atoms with E-state index in [4.69, 9.17) is 0 Å². The largest absolute Gasteiger partial charge is 0.502 e. The van der Waals surface area contributed by atoms with Crippen molar-refractivity contribution in [1.82, 2.24) is 9.58 Å². The van der Waals surface area contributed by atoms with E-state index in [0.717, 1.165) is 21.8 Å². The van der Waals surface area contributed by atoms with Gasteiger partial charge in [-0.3, -0.25) is 19.3 Å². The molecule has 7 nitrogen and oxygen atoms in total. The molecule has 2 aliphatic rings. The minimum atomic E-state index is -0.609. The van der Waals surface area contributed by atoms with E-state index in [-0.39, 0.29) is 31.6 Å². The Bertz CT molecular complexity index is 1180. The van der Waals surface area contributed by atoms with Crippen LogP contribution in [0.4, 0.5) is 0 Å². The van der Waals surface area contributed by atoms with Crippen molar-refractivity contribution >= 4 is 17.7 Å². The summed E-state index contributed by atoms with van der Waals surface area (Å²) in [7, 11) is 0. The smallest absolute Gasteiger partial charge is 0.277 e. The zero-order valence-electron chi connectivity index (χ0n) is 16.6. The van der Waals surface area contributed by atoms with E-state index in [1.54, 1.807) is 16.4 Å². The molecule has 5 rings (SSSR count). The number of hydrogen-bond donors (Lipinski definition) is 2. The third kappa shape index (κ3) is 3.19. The van der Waals surface area contributed by atoms with Gasteiger partial charge in [-0.15, -0.1) is 11.8 Å². The summed E-state index contributed by atoms with van der Waals surface area (Å²) in [5, 5.41) is 22.0. The van der Waals surface area contributed by atoms with E-state index in [2.05, 4.69) is 24.3 Å². The Balaban J connectivity index is 1.77. The lowest BCUT2D eigenvalue weighted by atomic mass is 9.94. The molecular formula is C23H21N3O4S. The Kier molecular flexibility index (Phi) is 4.95. The van der Waals surface area contributed by atoms with Gasteiger partial charge in [0.05, 0.1) is 12.6 Å². The van der Waals surface area contributed by atoms with Crippen molar-refractivity contribution in [1.29, 1.82) is 0 Å². The average molecular weight is 436 g/mol. The highest BCUT2D eigenvalue weighted by Gasteiger charge is 2.38. The molecule has 2 aliphatic heterocycles. The van der Waals surface area contributed by atoms with Crippen molar-refractivity contribution < 1.29 is 15.0 Å². The van der Waals surface area contributed by atoms with Crippen LogP contribution in [-0.4, -0.2) is 45.5 Å². The maximum atomic E-state index is 13.0. The molecule has 3 heterocycles. The van der Waals surface area contributed by atoms with E-state index in [1.807, 2.05) is 29.3 Å². The number of amides is 1. The lowest BCUT2D eigenvalue weighted by Crippen LogP contribution is -2.56. The highest BCUT2D eigenvalue weighted by molar-refractivity contribution is 7.98. The molecule has 1 amide bonds. The number of fused-ring (bicyclic) bond motifs is 3. The monoisotopic (exact) mass is 435 g/mol. The second-order valence-corrected chi connectivity index (χ2v) is 8.54. The van der Waals surface area contributed by atoms with Crippen LogP contribution in [0.3, 0.4) is 0 Å². The number of rotatable bonds is 3. The Morgan fingerprint density at radius 1 is 1.00 bits per heavy atom. The summed E-state index contributed by atoms with van der Waals surface area (Å²) in [5.41, 5.74) is 2.68. The van der Waals surface area contributed by atoms with Gasteiger partial charge in [0.25, 0.3) is 5.91 Å². The number of aliphatic hydroxyl groups is 1. The number of aromatic nitrogens is 1. The highest BCUT2D eigenvalue weighted by Crippen LogP contribution is 2.42. The molecule has 8 heteroatoms. The van der Waals surface area contributed by atoms with Crippen LogP contribution in [0.15, 0.2) is 70.5 Å². The fraction of sp³-hybridized carbons (Fsp3) is 0.217. The van der Waals surface area contributed by atoms with Crippen molar-refractivity contribution in [2.24, 2.45) is 0 Å². The topological polar surface area (TPSA) is 86.0 Å². The van der Waals surface area contributed by atoms with Gasteiger partial charge in [0, 0.05) is 29.5 Å². The predicted molar refractivity (Wildman–Crippen MR) is 118 cm³/mol. The van der Waals surface area contributed by atoms with Crippen LogP contribution in [0.2, 0.25) is 0 Å². The molecule has 0 fully saturated rings. The Labute approximate surface area is 183 Å². The molecule has 2 aromatic carbocycles. The number of carbonyl (C=O) groups is 1. The molecule has 31 heavy (non-hydrogen) atoms. The van der Waals surface area contributed by atoms with Crippen LogP contribution >= 0.6 is 11.8 Å². The fourth-order valence-electron chi connectivity index (χ4n) is 4.30. The molecular weight excluding hydrogens is 414 g/mol. The normalized spacial score (nSPS) is 17.6. The zero-order valence-corrected chi connectivity index (χ0v) is 17.5. The molecule has 0 saturated heterocycles. The summed E-state index contributed by atoms with van der Waals surface area (Å²) in [6.07, 6.45) is 1.54. The van der Waals surface area contributed by atoms with E-state index in [1.165, 1.54) is 22.7 Å². The molecule has 1 aromatic heterocycles. The summed E-state index contributed by atoms with van der Waals surface area (Å²) < 4.78 is 1.58. The second-order valence-electron chi connectivity index (χ2n) is 7.52. The quantitative estimate of drug-likeness (QED) is 0.657. The lowest BCUT2D eigenvalue weighted by Gasteiger charge is -2.44. The Hall–Kier alpha value is -3.23. The number of benzene rings is 2. The van der Waals surface area contributed by atoms with Gasteiger partial charge in [-0.2, -0.15) is 0 Å². The molecule has 0 radical (unpaired) electrons. The maximum Gasteiger partial charge on any atom is 0.277 e. The first-order chi connectivity index (χ1) is 15.1. The number of carbonyl (C=O) groups excluding carboxylic acids is 1. The van der Waals surface area contributed by atoms with Crippen molar-refractivity contribution in [3.8, 4) is 5.75 Å². The Morgan fingerprint density at radius 3 is 2.55 bits per heavy atom. The molecule has 3 aromatic rings.